The van der Waals surface area contributed by atoms with Crippen LogP contribution in [0.2, 0.25) is 0 Å². The van der Waals surface area contributed by atoms with Crippen molar-refractivity contribution in [2.45, 2.75) is 12.0 Å². The molecule has 0 saturated carbocycles. The molecule has 1 saturated heterocycles. The van der Waals surface area contributed by atoms with Crippen molar-refractivity contribution in [1.82, 2.24) is 14.8 Å². The Morgan fingerprint density at radius 3 is 2.86 bits per heavy atom. The molecule has 1 unspecified atom stereocenters. The molecule has 7 nitrogen and oxygen atoms in total. The van der Waals surface area contributed by atoms with E-state index in [1.54, 1.807) is 29.7 Å². The molecule has 1 aliphatic rings. The quantitative estimate of drug-likeness (QED) is 0.832. The van der Waals surface area contributed by atoms with Crippen LogP contribution in [0.5, 0.6) is 0 Å². The van der Waals surface area contributed by atoms with Crippen molar-refractivity contribution in [2.75, 3.05) is 40.5 Å². The first kappa shape index (κ1) is 16.5. The molecule has 0 spiro atoms. The first-order valence-electron chi connectivity index (χ1n) is 7.25. The van der Waals surface area contributed by atoms with E-state index in [4.69, 9.17) is 9.47 Å². The summed E-state index contributed by atoms with van der Waals surface area (Å²) in [5.74, 6) is -0.196. The van der Waals surface area contributed by atoms with Crippen molar-refractivity contribution in [2.24, 2.45) is 7.05 Å². The van der Waals surface area contributed by atoms with Gasteiger partial charge >= 0.3 is 0 Å². The maximum Gasteiger partial charge on any atom is 0.270 e. The molecule has 1 N–H and O–H groups in total. The zero-order chi connectivity index (χ0) is 16.2. The van der Waals surface area contributed by atoms with Gasteiger partial charge in [0.2, 0.25) is 5.91 Å². The van der Waals surface area contributed by atoms with Gasteiger partial charge in [-0.2, -0.15) is 0 Å². The van der Waals surface area contributed by atoms with Crippen LogP contribution in [0.4, 0.5) is 0 Å². The van der Waals surface area contributed by atoms with Crippen LogP contribution in [0.15, 0.2) is 18.3 Å². The van der Waals surface area contributed by atoms with E-state index in [0.29, 0.717) is 25.4 Å². The number of methoxy groups -OCH3 is 1. The number of rotatable bonds is 5. The maximum atomic E-state index is 12.6. The Morgan fingerprint density at radius 1 is 1.50 bits per heavy atom. The number of morpholine rings is 1. The Bertz CT molecular complexity index is 539. The van der Waals surface area contributed by atoms with Gasteiger partial charge in [0.05, 0.1) is 26.2 Å². The molecule has 2 amide bonds. The van der Waals surface area contributed by atoms with Crippen molar-refractivity contribution < 1.29 is 19.1 Å². The molecule has 0 bridgehead atoms. The van der Waals surface area contributed by atoms with Crippen LogP contribution in [-0.2, 0) is 21.3 Å². The summed E-state index contributed by atoms with van der Waals surface area (Å²) in [6.45, 7) is 1.48. The molecule has 0 aliphatic carbocycles. The minimum Gasteiger partial charge on any atom is -0.382 e. The lowest BCUT2D eigenvalue weighted by Gasteiger charge is -2.42. The van der Waals surface area contributed by atoms with Crippen LogP contribution >= 0.6 is 0 Å². The summed E-state index contributed by atoms with van der Waals surface area (Å²) in [5, 5.41) is 2.59. The van der Waals surface area contributed by atoms with Crippen LogP contribution in [0, 0.1) is 0 Å². The molecule has 2 heterocycles. The smallest absolute Gasteiger partial charge is 0.270 e. The molecule has 1 aliphatic heterocycles. The van der Waals surface area contributed by atoms with Crippen LogP contribution in [0.1, 0.15) is 16.9 Å². The first-order chi connectivity index (χ1) is 10.5. The van der Waals surface area contributed by atoms with E-state index in [-0.39, 0.29) is 24.8 Å². The minimum atomic E-state index is -0.798. The summed E-state index contributed by atoms with van der Waals surface area (Å²) < 4.78 is 12.8. The van der Waals surface area contributed by atoms with Gasteiger partial charge in [0.15, 0.2) is 0 Å². The number of aromatic nitrogens is 1. The van der Waals surface area contributed by atoms with Crippen molar-refractivity contribution in [3.05, 3.63) is 24.0 Å². The number of aryl methyl sites for hydroxylation is 1. The van der Waals surface area contributed by atoms with Crippen LogP contribution in [-0.4, -0.2) is 67.3 Å². The van der Waals surface area contributed by atoms with Gasteiger partial charge in [-0.3, -0.25) is 9.59 Å². The van der Waals surface area contributed by atoms with Crippen LogP contribution in [0.3, 0.4) is 0 Å². The molecule has 2 rings (SSSR count). The molecule has 0 radical (unpaired) electrons. The zero-order valence-electron chi connectivity index (χ0n) is 13.3. The second-order valence-corrected chi connectivity index (χ2v) is 5.55. The van der Waals surface area contributed by atoms with Gasteiger partial charge in [-0.15, -0.1) is 0 Å². The highest BCUT2D eigenvalue weighted by atomic mass is 16.5. The Morgan fingerprint density at radius 2 is 2.27 bits per heavy atom. The Labute approximate surface area is 130 Å². The van der Waals surface area contributed by atoms with E-state index >= 15 is 0 Å². The summed E-state index contributed by atoms with van der Waals surface area (Å²) in [6, 6.07) is 3.62. The monoisotopic (exact) mass is 309 g/mol. The maximum absolute atomic E-state index is 12.6. The molecule has 1 aromatic heterocycles. The highest BCUT2D eigenvalue weighted by Crippen LogP contribution is 2.24. The number of nitrogens with zero attached hydrogens (tertiary/aromatic N) is 2. The second-order valence-electron chi connectivity index (χ2n) is 5.55. The fourth-order valence-corrected chi connectivity index (χ4v) is 2.75. The summed E-state index contributed by atoms with van der Waals surface area (Å²) in [5.41, 5.74) is -0.179. The van der Waals surface area contributed by atoms with Gasteiger partial charge in [0, 0.05) is 33.9 Å². The highest BCUT2D eigenvalue weighted by molar-refractivity contribution is 5.93. The van der Waals surface area contributed by atoms with E-state index in [2.05, 4.69) is 5.32 Å². The highest BCUT2D eigenvalue weighted by Gasteiger charge is 2.40. The third-order valence-electron chi connectivity index (χ3n) is 3.87. The number of ether oxygens (including phenoxy) is 2. The third-order valence-corrected chi connectivity index (χ3v) is 3.87. The van der Waals surface area contributed by atoms with E-state index in [1.807, 2.05) is 19.3 Å². The third kappa shape index (κ3) is 3.48. The number of amides is 2. The van der Waals surface area contributed by atoms with Gasteiger partial charge in [-0.05, 0) is 12.1 Å². The summed E-state index contributed by atoms with van der Waals surface area (Å²) in [4.78, 5) is 26.1. The largest absolute Gasteiger partial charge is 0.382 e. The lowest BCUT2D eigenvalue weighted by molar-refractivity contribution is -0.150. The van der Waals surface area contributed by atoms with Gasteiger partial charge in [-0.1, -0.05) is 0 Å². The van der Waals surface area contributed by atoms with Crippen LogP contribution in [0.25, 0.3) is 0 Å². The summed E-state index contributed by atoms with van der Waals surface area (Å²) >= 11 is 0. The lowest BCUT2D eigenvalue weighted by atomic mass is 9.97. The van der Waals surface area contributed by atoms with Crippen molar-refractivity contribution in [1.29, 1.82) is 0 Å². The van der Waals surface area contributed by atoms with Crippen LogP contribution < -0.4 is 5.32 Å². The molecule has 7 heteroatoms. The number of carbonyl (C=O) groups is 2. The molecule has 1 aromatic rings. The molecule has 22 heavy (non-hydrogen) atoms. The SMILES string of the molecule is CNC(=O)CC1(COC)CN(C(=O)c2cccn2C)CCO1. The summed E-state index contributed by atoms with van der Waals surface area (Å²) in [6.07, 6.45) is 1.99. The van der Waals surface area contributed by atoms with E-state index in [9.17, 15) is 9.59 Å². The average Bonchev–Trinajstić information content (AvgIpc) is 2.93. The van der Waals surface area contributed by atoms with E-state index < -0.39 is 5.60 Å². The molecule has 0 aromatic carbocycles. The number of hydrogen-bond donors (Lipinski definition) is 1. The molecular weight excluding hydrogens is 286 g/mol. The standard InChI is InChI=1S/C15H23N3O4/c1-16-13(19)9-15(11-21-3)10-18(7-8-22-15)14(20)12-5-4-6-17(12)2/h4-6H,7-11H2,1-3H3,(H,16,19). The van der Waals surface area contributed by atoms with Crippen molar-refractivity contribution in [3.63, 3.8) is 0 Å². The Balaban J connectivity index is 2.16. The molecule has 1 atom stereocenters. The van der Waals surface area contributed by atoms with Crippen molar-refractivity contribution >= 4 is 11.8 Å². The molecular formula is C15H23N3O4. The molecule has 122 valence electrons. The normalized spacial score (nSPS) is 21.7. The summed E-state index contributed by atoms with van der Waals surface area (Å²) in [7, 11) is 4.98. The average molecular weight is 309 g/mol. The first-order valence-corrected chi connectivity index (χ1v) is 7.25. The predicted molar refractivity (Wildman–Crippen MR) is 80.6 cm³/mol. The predicted octanol–water partition coefficient (Wildman–Crippen LogP) is 0.0188. The Hall–Kier alpha value is -1.86. The number of hydrogen-bond acceptors (Lipinski definition) is 4. The van der Waals surface area contributed by atoms with E-state index in [1.165, 1.54) is 0 Å². The topological polar surface area (TPSA) is 72.8 Å². The molecule has 1 fully saturated rings. The Kier molecular flexibility index (Phi) is 5.20. The number of carbonyl (C=O) groups excluding carboxylic acids is 2. The van der Waals surface area contributed by atoms with Gasteiger partial charge in [0.25, 0.3) is 5.91 Å². The fourth-order valence-electron chi connectivity index (χ4n) is 2.75. The minimum absolute atomic E-state index is 0.0619. The van der Waals surface area contributed by atoms with E-state index in [0.717, 1.165) is 0 Å². The van der Waals surface area contributed by atoms with Gasteiger partial charge < -0.3 is 24.3 Å². The lowest BCUT2D eigenvalue weighted by Crippen LogP contribution is -2.57. The second kappa shape index (κ2) is 6.93. The van der Waals surface area contributed by atoms with Gasteiger partial charge in [0.1, 0.15) is 11.3 Å². The van der Waals surface area contributed by atoms with Crippen molar-refractivity contribution in [3.8, 4) is 0 Å². The fraction of sp³-hybridized carbons (Fsp3) is 0.600. The zero-order valence-corrected chi connectivity index (χ0v) is 13.3. The number of nitrogens with one attached hydrogen (secondary N) is 1. The van der Waals surface area contributed by atoms with Gasteiger partial charge in [-0.25, -0.2) is 0 Å².